The molecule has 1 heterocycles. The molecule has 0 unspecified atom stereocenters. The summed E-state index contributed by atoms with van der Waals surface area (Å²) in [5.41, 5.74) is 5.22. The Morgan fingerprint density at radius 2 is 1.35 bits per heavy atom. The van der Waals surface area contributed by atoms with Crippen LogP contribution >= 0.6 is 0 Å². The number of ether oxygens (including phenoxy) is 2. The van der Waals surface area contributed by atoms with Gasteiger partial charge in [0.2, 0.25) is 5.89 Å². The van der Waals surface area contributed by atoms with E-state index < -0.39 is 11.9 Å². The number of rotatable bonds is 12. The topological polar surface area (TPSA) is 85.1 Å². The van der Waals surface area contributed by atoms with E-state index in [1.165, 1.54) is 0 Å². The van der Waals surface area contributed by atoms with Gasteiger partial charge in [-0.3, -0.25) is 0 Å². The number of aromatic nitrogens is 1. The molecule has 0 bridgehead atoms. The summed E-state index contributed by atoms with van der Waals surface area (Å²) >= 11 is 0. The third-order valence-electron chi connectivity index (χ3n) is 6.20. The fraction of sp³-hybridized carbons (Fsp3) is 0.156. The zero-order chi connectivity index (χ0) is 28.5. The van der Waals surface area contributed by atoms with Crippen LogP contribution in [0.3, 0.4) is 0 Å². The monoisotopic (exact) mass is 537 g/mol. The summed E-state index contributed by atoms with van der Waals surface area (Å²) in [6.45, 7) is 7.74. The Labute approximate surface area is 233 Å². The summed E-state index contributed by atoms with van der Waals surface area (Å²) in [5.74, 6) is 0.242. The van der Waals surface area contributed by atoms with E-state index in [9.17, 15) is 9.59 Å². The van der Waals surface area contributed by atoms with Crippen LogP contribution < -0.4 is 9.80 Å². The van der Waals surface area contributed by atoms with Crippen LogP contribution in [0.2, 0.25) is 0 Å². The number of carbonyl (C=O) groups excluding carboxylic acids is 2. The van der Waals surface area contributed by atoms with Gasteiger partial charge in [-0.1, -0.05) is 43.5 Å². The van der Waals surface area contributed by atoms with E-state index >= 15 is 0 Å². The predicted octanol–water partition coefficient (Wildman–Crippen LogP) is 5.96. The van der Waals surface area contributed by atoms with E-state index in [1.807, 2.05) is 103 Å². The Hall–Kier alpha value is -5.11. The number of nitrogens with zero attached hydrogens (tertiary/aromatic N) is 3. The lowest BCUT2D eigenvalue weighted by atomic mass is 10.1. The second-order valence-electron chi connectivity index (χ2n) is 8.94. The number of esters is 2. The molecule has 3 aromatic carbocycles. The van der Waals surface area contributed by atoms with Crippen LogP contribution in [0.5, 0.6) is 0 Å². The molecule has 0 fully saturated rings. The summed E-state index contributed by atoms with van der Waals surface area (Å²) in [6.07, 6.45) is 2.29. The van der Waals surface area contributed by atoms with Crippen molar-refractivity contribution in [2.75, 3.05) is 43.8 Å². The molecular weight excluding hydrogens is 506 g/mol. The minimum Gasteiger partial charge on any atom is -0.461 e. The number of anilines is 2. The second-order valence-corrected chi connectivity index (χ2v) is 8.94. The molecule has 0 aliphatic heterocycles. The standard InChI is InChI=1S/C32H31N3O5/c1-5-28(36)38-21-20-34(3)26-16-12-24(13-17-26)31-30(23-10-8-7-9-11-23)33-32(40-31)25-14-18-27(19-15-25)35(4)22-39-29(37)6-2/h5-19H,1-2,20-22H2,3-4H3. The Kier molecular flexibility index (Phi) is 9.15. The Morgan fingerprint density at radius 3 is 1.98 bits per heavy atom. The third kappa shape index (κ3) is 6.85. The molecule has 4 rings (SSSR count). The molecule has 204 valence electrons. The van der Waals surface area contributed by atoms with Gasteiger partial charge in [-0.25, -0.2) is 14.6 Å². The van der Waals surface area contributed by atoms with E-state index in [0.717, 1.165) is 45.9 Å². The molecule has 0 aliphatic rings. The molecule has 0 saturated carbocycles. The van der Waals surface area contributed by atoms with E-state index in [2.05, 4.69) is 13.2 Å². The zero-order valence-corrected chi connectivity index (χ0v) is 22.6. The van der Waals surface area contributed by atoms with E-state index in [1.54, 1.807) is 0 Å². The SMILES string of the molecule is C=CC(=O)OCCN(C)c1ccc(-c2oc(-c3ccc(N(C)COC(=O)C=C)cc3)nc2-c2ccccc2)cc1. The molecule has 1 aromatic heterocycles. The van der Waals surface area contributed by atoms with E-state index in [0.29, 0.717) is 18.2 Å². The highest BCUT2D eigenvalue weighted by Crippen LogP contribution is 2.37. The maximum absolute atomic E-state index is 11.4. The first-order valence-corrected chi connectivity index (χ1v) is 12.7. The maximum Gasteiger partial charge on any atom is 0.331 e. The van der Waals surface area contributed by atoms with Crippen molar-refractivity contribution >= 4 is 23.3 Å². The normalized spacial score (nSPS) is 10.4. The van der Waals surface area contributed by atoms with Crippen molar-refractivity contribution in [3.63, 3.8) is 0 Å². The molecule has 0 atom stereocenters. The molecule has 0 N–H and O–H groups in total. The maximum atomic E-state index is 11.4. The van der Waals surface area contributed by atoms with Gasteiger partial charge in [0.25, 0.3) is 0 Å². The van der Waals surface area contributed by atoms with Crippen LogP contribution in [0, 0.1) is 0 Å². The third-order valence-corrected chi connectivity index (χ3v) is 6.20. The molecule has 0 radical (unpaired) electrons. The van der Waals surface area contributed by atoms with Crippen molar-refractivity contribution in [2.24, 2.45) is 0 Å². The predicted molar refractivity (Wildman–Crippen MR) is 157 cm³/mol. The first-order valence-electron chi connectivity index (χ1n) is 12.7. The molecule has 8 nitrogen and oxygen atoms in total. The largest absolute Gasteiger partial charge is 0.461 e. The Morgan fingerprint density at radius 1 is 0.775 bits per heavy atom. The highest BCUT2D eigenvalue weighted by Gasteiger charge is 2.18. The van der Waals surface area contributed by atoms with Crippen molar-refractivity contribution in [1.29, 1.82) is 0 Å². The smallest absolute Gasteiger partial charge is 0.331 e. The minimum atomic E-state index is -0.474. The molecular formula is C32H31N3O5. The van der Waals surface area contributed by atoms with Gasteiger partial charge in [-0.2, -0.15) is 0 Å². The number of likely N-dealkylation sites (N-methyl/N-ethyl adjacent to an activating group) is 1. The van der Waals surface area contributed by atoms with Crippen molar-refractivity contribution < 1.29 is 23.5 Å². The van der Waals surface area contributed by atoms with Gasteiger partial charge in [0, 0.05) is 54.3 Å². The molecule has 0 saturated heterocycles. The first-order chi connectivity index (χ1) is 19.4. The van der Waals surface area contributed by atoms with E-state index in [-0.39, 0.29) is 13.3 Å². The molecule has 0 spiro atoms. The van der Waals surface area contributed by atoms with Crippen LogP contribution in [0.1, 0.15) is 0 Å². The summed E-state index contributed by atoms with van der Waals surface area (Å²) in [6, 6.07) is 25.5. The van der Waals surface area contributed by atoms with Gasteiger partial charge in [0.15, 0.2) is 12.5 Å². The van der Waals surface area contributed by atoms with Crippen LogP contribution in [-0.2, 0) is 19.1 Å². The van der Waals surface area contributed by atoms with Crippen LogP contribution in [-0.4, -0.2) is 50.9 Å². The summed E-state index contributed by atoms with van der Waals surface area (Å²) in [4.78, 5) is 31.3. The average molecular weight is 538 g/mol. The number of benzene rings is 3. The van der Waals surface area contributed by atoms with Gasteiger partial charge in [-0.05, 0) is 48.5 Å². The summed E-state index contributed by atoms with van der Waals surface area (Å²) in [5, 5.41) is 0. The summed E-state index contributed by atoms with van der Waals surface area (Å²) in [7, 11) is 3.76. The van der Waals surface area contributed by atoms with Crippen LogP contribution in [0.25, 0.3) is 34.0 Å². The highest BCUT2D eigenvalue weighted by molar-refractivity contribution is 5.82. The van der Waals surface area contributed by atoms with Crippen molar-refractivity contribution in [1.82, 2.24) is 4.98 Å². The zero-order valence-electron chi connectivity index (χ0n) is 22.6. The highest BCUT2D eigenvalue weighted by atomic mass is 16.5. The van der Waals surface area contributed by atoms with Crippen LogP contribution in [0.15, 0.2) is 109 Å². The average Bonchev–Trinajstić information content (AvgIpc) is 3.45. The van der Waals surface area contributed by atoms with Crippen molar-refractivity contribution in [3.8, 4) is 34.0 Å². The van der Waals surface area contributed by atoms with Gasteiger partial charge in [0.05, 0.1) is 6.54 Å². The van der Waals surface area contributed by atoms with Crippen LogP contribution in [0.4, 0.5) is 11.4 Å². The lowest BCUT2D eigenvalue weighted by Gasteiger charge is -2.19. The summed E-state index contributed by atoms with van der Waals surface area (Å²) < 4.78 is 16.5. The van der Waals surface area contributed by atoms with Crippen molar-refractivity contribution in [3.05, 3.63) is 104 Å². The lowest BCUT2D eigenvalue weighted by Crippen LogP contribution is -2.23. The number of hydrogen-bond acceptors (Lipinski definition) is 8. The van der Waals surface area contributed by atoms with Gasteiger partial charge in [0.1, 0.15) is 12.3 Å². The second kappa shape index (κ2) is 13.1. The molecule has 8 heteroatoms. The lowest BCUT2D eigenvalue weighted by molar-refractivity contribution is -0.138. The Bertz CT molecular complexity index is 1460. The molecule has 0 amide bonds. The van der Waals surface area contributed by atoms with Crippen molar-refractivity contribution in [2.45, 2.75) is 0 Å². The fourth-order valence-electron chi connectivity index (χ4n) is 3.92. The quantitative estimate of drug-likeness (QED) is 0.124. The minimum absolute atomic E-state index is 0.108. The number of carbonyl (C=O) groups is 2. The van der Waals surface area contributed by atoms with Gasteiger partial charge < -0.3 is 23.7 Å². The van der Waals surface area contributed by atoms with E-state index in [4.69, 9.17) is 18.9 Å². The van der Waals surface area contributed by atoms with Gasteiger partial charge in [-0.15, -0.1) is 0 Å². The molecule has 4 aromatic rings. The first kappa shape index (κ1) is 27.9. The molecule has 40 heavy (non-hydrogen) atoms. The molecule has 0 aliphatic carbocycles. The fourth-order valence-corrected chi connectivity index (χ4v) is 3.92. The number of oxazole rings is 1. The van der Waals surface area contributed by atoms with Gasteiger partial charge >= 0.3 is 11.9 Å². The Balaban J connectivity index is 1.57. The number of hydrogen-bond donors (Lipinski definition) is 0.